The van der Waals surface area contributed by atoms with Gasteiger partial charge in [0.05, 0.1) is 0 Å². The predicted molar refractivity (Wildman–Crippen MR) is 70.3 cm³/mol. The molecular weight excluding hydrogens is 225 g/mol. The summed E-state index contributed by atoms with van der Waals surface area (Å²) in [5.41, 5.74) is 2.96. The maximum atomic E-state index is 13.8. The highest BCUT2D eigenvalue weighted by atomic mass is 19.1. The molecule has 1 saturated heterocycles. The van der Waals surface area contributed by atoms with Gasteiger partial charge in [-0.05, 0) is 66.5 Å². The molecule has 1 unspecified atom stereocenters. The Kier molecular flexibility index (Phi) is 2.32. The third-order valence-corrected chi connectivity index (χ3v) is 5.21. The molecule has 0 amide bonds. The summed E-state index contributed by atoms with van der Waals surface area (Å²) in [6.45, 7) is 2.39. The molecule has 3 aliphatic rings. The van der Waals surface area contributed by atoms with Crippen LogP contribution in [0.4, 0.5) is 4.39 Å². The number of nitrogens with one attached hydrogen (secondary N) is 1. The molecule has 18 heavy (non-hydrogen) atoms. The molecule has 1 N–H and O–H groups in total. The predicted octanol–water partition coefficient (Wildman–Crippen LogP) is 3.56. The molecule has 2 heteroatoms. The highest BCUT2D eigenvalue weighted by molar-refractivity contribution is 5.33. The Bertz CT molecular complexity index is 474. The van der Waals surface area contributed by atoms with Gasteiger partial charge in [-0.3, -0.25) is 0 Å². The van der Waals surface area contributed by atoms with Gasteiger partial charge in [-0.1, -0.05) is 12.1 Å². The Balaban J connectivity index is 1.59. The van der Waals surface area contributed by atoms with E-state index in [9.17, 15) is 4.39 Å². The fourth-order valence-corrected chi connectivity index (χ4v) is 3.81. The lowest BCUT2D eigenvalue weighted by Crippen LogP contribution is -2.51. The van der Waals surface area contributed by atoms with Gasteiger partial charge in [0.15, 0.2) is 0 Å². The third kappa shape index (κ3) is 1.70. The van der Waals surface area contributed by atoms with Crippen molar-refractivity contribution in [1.82, 2.24) is 5.32 Å². The van der Waals surface area contributed by atoms with Gasteiger partial charge in [-0.2, -0.15) is 0 Å². The summed E-state index contributed by atoms with van der Waals surface area (Å²) in [6, 6.07) is 5.90. The second kappa shape index (κ2) is 3.80. The molecule has 1 aromatic rings. The number of hydrogen-bond donors (Lipinski definition) is 1. The van der Waals surface area contributed by atoms with Gasteiger partial charge >= 0.3 is 0 Å². The Morgan fingerprint density at radius 2 is 1.94 bits per heavy atom. The minimum absolute atomic E-state index is 0.0132. The van der Waals surface area contributed by atoms with Crippen LogP contribution in [0.5, 0.6) is 0 Å². The van der Waals surface area contributed by atoms with Crippen LogP contribution in [-0.2, 0) is 0 Å². The van der Waals surface area contributed by atoms with Gasteiger partial charge in [0, 0.05) is 13.1 Å². The molecule has 4 rings (SSSR count). The smallest absolute Gasteiger partial charge is 0.126 e. The molecular formula is C16H20FN. The average molecular weight is 245 g/mol. The first kappa shape index (κ1) is 11.0. The van der Waals surface area contributed by atoms with Crippen LogP contribution in [0.15, 0.2) is 18.2 Å². The van der Waals surface area contributed by atoms with Crippen molar-refractivity contribution in [3.63, 3.8) is 0 Å². The van der Waals surface area contributed by atoms with Crippen LogP contribution in [0.2, 0.25) is 0 Å². The van der Waals surface area contributed by atoms with E-state index < -0.39 is 0 Å². The monoisotopic (exact) mass is 245 g/mol. The maximum Gasteiger partial charge on any atom is 0.126 e. The van der Waals surface area contributed by atoms with Crippen LogP contribution in [0.3, 0.4) is 0 Å². The van der Waals surface area contributed by atoms with Crippen molar-refractivity contribution < 1.29 is 4.39 Å². The summed E-state index contributed by atoms with van der Waals surface area (Å²) in [5, 5.41) is 3.40. The van der Waals surface area contributed by atoms with Gasteiger partial charge in [0.2, 0.25) is 0 Å². The van der Waals surface area contributed by atoms with Gasteiger partial charge < -0.3 is 5.32 Å². The molecule has 1 spiro atoms. The molecule has 1 aromatic carbocycles. The van der Waals surface area contributed by atoms with E-state index in [1.165, 1.54) is 50.8 Å². The number of rotatable bonds is 2. The van der Waals surface area contributed by atoms with E-state index in [4.69, 9.17) is 0 Å². The summed E-state index contributed by atoms with van der Waals surface area (Å²) in [7, 11) is 0. The van der Waals surface area contributed by atoms with Crippen LogP contribution in [0.25, 0.3) is 0 Å². The van der Waals surface area contributed by atoms with E-state index in [0.717, 1.165) is 5.56 Å². The highest BCUT2D eigenvalue weighted by Gasteiger charge is 2.44. The van der Waals surface area contributed by atoms with Crippen molar-refractivity contribution in [2.24, 2.45) is 5.41 Å². The number of halogens is 1. The lowest BCUT2D eigenvalue weighted by Gasteiger charge is -2.39. The molecule has 1 aliphatic heterocycles. The van der Waals surface area contributed by atoms with E-state index in [1.54, 1.807) is 6.07 Å². The molecule has 1 nitrogen and oxygen atoms in total. The molecule has 2 saturated carbocycles. The summed E-state index contributed by atoms with van der Waals surface area (Å²) in [4.78, 5) is 0. The van der Waals surface area contributed by atoms with Crippen molar-refractivity contribution >= 4 is 0 Å². The molecule has 1 atom stereocenters. The van der Waals surface area contributed by atoms with Crippen LogP contribution in [0, 0.1) is 11.2 Å². The third-order valence-electron chi connectivity index (χ3n) is 5.21. The van der Waals surface area contributed by atoms with Crippen LogP contribution in [0.1, 0.15) is 55.1 Å². The molecule has 0 bridgehead atoms. The lowest BCUT2D eigenvalue weighted by atomic mass is 9.79. The fourth-order valence-electron chi connectivity index (χ4n) is 3.81. The van der Waals surface area contributed by atoms with E-state index in [-0.39, 0.29) is 5.82 Å². The van der Waals surface area contributed by atoms with Crippen molar-refractivity contribution in [3.8, 4) is 0 Å². The summed E-state index contributed by atoms with van der Waals surface area (Å²) in [5.74, 6) is 1.20. The fraction of sp³-hybridized carbons (Fsp3) is 0.625. The molecule has 1 heterocycles. The Hall–Kier alpha value is -0.890. The first-order valence-electron chi connectivity index (χ1n) is 7.26. The standard InChI is InChI=1S/C16H20FN/c17-15-4-3-12(7-14(15)11-1-2-11)13-5-6-16(8-13)9-18-10-16/h3-4,7,11,13,18H,1-2,5-6,8-10H2. The molecule has 3 fully saturated rings. The molecule has 0 radical (unpaired) electrons. The Labute approximate surface area is 108 Å². The molecule has 96 valence electrons. The Morgan fingerprint density at radius 1 is 1.11 bits per heavy atom. The van der Waals surface area contributed by atoms with E-state index >= 15 is 0 Å². The van der Waals surface area contributed by atoms with Crippen molar-refractivity contribution in [2.75, 3.05) is 13.1 Å². The van der Waals surface area contributed by atoms with E-state index in [1.807, 2.05) is 6.07 Å². The van der Waals surface area contributed by atoms with Gasteiger partial charge in [0.1, 0.15) is 5.82 Å². The highest BCUT2D eigenvalue weighted by Crippen LogP contribution is 2.50. The minimum Gasteiger partial charge on any atom is -0.316 e. The lowest BCUT2D eigenvalue weighted by molar-refractivity contribution is 0.175. The van der Waals surface area contributed by atoms with Crippen LogP contribution in [-0.4, -0.2) is 13.1 Å². The zero-order valence-corrected chi connectivity index (χ0v) is 10.7. The summed E-state index contributed by atoms with van der Waals surface area (Å²) in [6.07, 6.45) is 6.30. The first-order valence-corrected chi connectivity index (χ1v) is 7.26. The average Bonchev–Trinajstić information content (AvgIpc) is 3.06. The van der Waals surface area contributed by atoms with Crippen molar-refractivity contribution in [3.05, 3.63) is 35.1 Å². The van der Waals surface area contributed by atoms with Gasteiger partial charge in [-0.25, -0.2) is 4.39 Å². The number of benzene rings is 1. The summed E-state index contributed by atoms with van der Waals surface area (Å²) >= 11 is 0. The number of hydrogen-bond acceptors (Lipinski definition) is 1. The quantitative estimate of drug-likeness (QED) is 0.840. The van der Waals surface area contributed by atoms with Crippen LogP contribution >= 0.6 is 0 Å². The SMILES string of the molecule is Fc1ccc(C2CCC3(CNC3)C2)cc1C1CC1. The normalized spacial score (nSPS) is 29.5. The van der Waals surface area contributed by atoms with Gasteiger partial charge in [0.25, 0.3) is 0 Å². The second-order valence-corrected chi connectivity index (χ2v) is 6.60. The zero-order chi connectivity index (χ0) is 12.2. The summed E-state index contributed by atoms with van der Waals surface area (Å²) < 4.78 is 13.8. The Morgan fingerprint density at radius 3 is 2.56 bits per heavy atom. The first-order chi connectivity index (χ1) is 8.76. The maximum absolute atomic E-state index is 13.8. The van der Waals surface area contributed by atoms with Crippen molar-refractivity contribution in [1.29, 1.82) is 0 Å². The molecule has 2 aliphatic carbocycles. The topological polar surface area (TPSA) is 12.0 Å². The van der Waals surface area contributed by atoms with E-state index in [0.29, 0.717) is 17.3 Å². The minimum atomic E-state index is 0.0132. The second-order valence-electron chi connectivity index (χ2n) is 6.60. The van der Waals surface area contributed by atoms with E-state index in [2.05, 4.69) is 11.4 Å². The van der Waals surface area contributed by atoms with Crippen LogP contribution < -0.4 is 5.32 Å². The zero-order valence-electron chi connectivity index (χ0n) is 10.7. The van der Waals surface area contributed by atoms with Gasteiger partial charge in [-0.15, -0.1) is 0 Å². The molecule has 0 aromatic heterocycles. The van der Waals surface area contributed by atoms with Crippen molar-refractivity contribution in [2.45, 2.75) is 43.9 Å². The largest absolute Gasteiger partial charge is 0.316 e.